The maximum Gasteiger partial charge on any atom is 0.180 e. The molecule has 0 spiro atoms. The number of anilines is 2. The Morgan fingerprint density at radius 3 is 2.28 bits per heavy atom. The molecule has 4 aromatic carbocycles. The molecule has 0 bridgehead atoms. The molecule has 3 heterocycles. The van der Waals surface area contributed by atoms with Gasteiger partial charge in [0.15, 0.2) is 9.84 Å². The van der Waals surface area contributed by atoms with E-state index in [9.17, 15) is 8.42 Å². The van der Waals surface area contributed by atoms with E-state index in [1.165, 1.54) is 11.1 Å². The van der Waals surface area contributed by atoms with Gasteiger partial charge in [0.25, 0.3) is 0 Å². The highest BCUT2D eigenvalue weighted by Gasteiger charge is 2.41. The van der Waals surface area contributed by atoms with Crippen molar-refractivity contribution < 1.29 is 13.2 Å². The predicted octanol–water partition coefficient (Wildman–Crippen LogP) is 6.61. The number of benzene rings is 4. The first kappa shape index (κ1) is 30.4. The number of ether oxygens (including phenoxy) is 1. The van der Waals surface area contributed by atoms with Crippen molar-refractivity contribution in [2.45, 2.75) is 43.4 Å². The Morgan fingerprint density at radius 1 is 0.891 bits per heavy atom. The van der Waals surface area contributed by atoms with Crippen molar-refractivity contribution >= 4 is 32.2 Å². The van der Waals surface area contributed by atoms with Crippen LogP contribution in [-0.4, -0.2) is 55.9 Å². The first-order valence-corrected chi connectivity index (χ1v) is 17.7. The number of pyridine rings is 1. The Morgan fingerprint density at radius 2 is 1.59 bits per heavy atom. The second-order valence-electron chi connectivity index (χ2n) is 12.6. The summed E-state index contributed by atoms with van der Waals surface area (Å²) >= 11 is 0. The molecule has 1 aromatic heterocycles. The number of rotatable bonds is 9. The third-order valence-corrected chi connectivity index (χ3v) is 11.2. The smallest absolute Gasteiger partial charge is 0.180 e. The van der Waals surface area contributed by atoms with Crippen LogP contribution in [0, 0.1) is 6.92 Å². The molecule has 7 nitrogen and oxygen atoms in total. The molecular formula is C38H40N4O3S. The Bertz CT molecular complexity index is 1890. The normalized spacial score (nSPS) is 19.2. The third kappa shape index (κ3) is 6.38. The van der Waals surface area contributed by atoms with Gasteiger partial charge in [-0.2, -0.15) is 0 Å². The van der Waals surface area contributed by atoms with Gasteiger partial charge in [-0.05, 0) is 48.2 Å². The second kappa shape index (κ2) is 12.9. The van der Waals surface area contributed by atoms with Crippen molar-refractivity contribution in [1.29, 1.82) is 0 Å². The number of aromatic nitrogens is 1. The molecule has 1 fully saturated rings. The van der Waals surface area contributed by atoms with Gasteiger partial charge in [-0.15, -0.1) is 0 Å². The van der Waals surface area contributed by atoms with Crippen molar-refractivity contribution in [3.05, 3.63) is 131 Å². The molecule has 8 heteroatoms. The van der Waals surface area contributed by atoms with E-state index in [1.54, 1.807) is 12.1 Å². The van der Waals surface area contributed by atoms with Gasteiger partial charge in [0, 0.05) is 56.5 Å². The zero-order valence-electron chi connectivity index (χ0n) is 26.2. The van der Waals surface area contributed by atoms with Crippen LogP contribution in [0.1, 0.15) is 28.7 Å². The summed E-state index contributed by atoms with van der Waals surface area (Å²) in [6, 6.07) is 37.1. The van der Waals surface area contributed by atoms with Crippen molar-refractivity contribution in [2.24, 2.45) is 0 Å². The van der Waals surface area contributed by atoms with Crippen LogP contribution < -0.4 is 10.2 Å². The topological polar surface area (TPSA) is 74.8 Å². The average molecular weight is 633 g/mol. The maximum atomic E-state index is 13.1. The maximum absolute atomic E-state index is 13.1. The molecule has 1 unspecified atom stereocenters. The fraction of sp³-hybridized carbons (Fsp3) is 0.289. The van der Waals surface area contributed by atoms with Crippen LogP contribution in [0.2, 0.25) is 0 Å². The van der Waals surface area contributed by atoms with Gasteiger partial charge in [0.1, 0.15) is 5.82 Å². The fourth-order valence-electron chi connectivity index (χ4n) is 6.75. The number of sulfone groups is 1. The van der Waals surface area contributed by atoms with Crippen LogP contribution in [0.25, 0.3) is 10.9 Å². The molecule has 236 valence electrons. The van der Waals surface area contributed by atoms with E-state index in [0.717, 1.165) is 53.0 Å². The first-order valence-electron chi connectivity index (χ1n) is 16.0. The van der Waals surface area contributed by atoms with E-state index in [1.807, 2.05) is 12.1 Å². The van der Waals surface area contributed by atoms with Crippen LogP contribution in [0.5, 0.6) is 0 Å². The number of hydrogen-bond donors (Lipinski definition) is 1. The van der Waals surface area contributed by atoms with E-state index in [4.69, 9.17) is 9.72 Å². The minimum Gasteiger partial charge on any atom is -0.382 e. The molecule has 1 atom stereocenters. The van der Waals surface area contributed by atoms with Gasteiger partial charge in [-0.3, -0.25) is 4.90 Å². The summed E-state index contributed by atoms with van der Waals surface area (Å²) in [4.78, 5) is 10.2. The molecule has 1 saturated heterocycles. The summed E-state index contributed by atoms with van der Waals surface area (Å²) in [6.07, 6.45) is 0.912. The van der Waals surface area contributed by atoms with Gasteiger partial charge in [0.2, 0.25) is 0 Å². The zero-order valence-corrected chi connectivity index (χ0v) is 27.0. The van der Waals surface area contributed by atoms with Crippen LogP contribution in [0.15, 0.2) is 114 Å². The Labute approximate surface area is 271 Å². The number of nitrogens with one attached hydrogen (secondary N) is 1. The van der Waals surface area contributed by atoms with Gasteiger partial charge >= 0.3 is 0 Å². The predicted molar refractivity (Wildman–Crippen MR) is 185 cm³/mol. The first-order chi connectivity index (χ1) is 22.4. The lowest BCUT2D eigenvalue weighted by molar-refractivity contribution is 0.0616. The SMILES string of the molecule is Cc1ccc2nc(N3CCS(=O)(=O)c4ccccc4C3)cc(NCC3(N(Cc4ccccc4)Cc4ccccc4)CCOC3)c2c1. The lowest BCUT2D eigenvalue weighted by atomic mass is 9.93. The fourth-order valence-corrected chi connectivity index (χ4v) is 8.25. The quantitative estimate of drug-likeness (QED) is 0.196. The Kier molecular flexibility index (Phi) is 8.51. The van der Waals surface area contributed by atoms with Crippen LogP contribution >= 0.6 is 0 Å². The molecule has 2 aliphatic rings. The van der Waals surface area contributed by atoms with E-state index in [2.05, 4.69) is 107 Å². The number of nitrogens with zero attached hydrogens (tertiary/aromatic N) is 3. The molecule has 0 amide bonds. The minimum absolute atomic E-state index is 0.0504. The van der Waals surface area contributed by atoms with Crippen molar-refractivity contribution in [1.82, 2.24) is 9.88 Å². The summed E-state index contributed by atoms with van der Waals surface area (Å²) in [5, 5.41) is 4.93. The molecule has 0 saturated carbocycles. The highest BCUT2D eigenvalue weighted by atomic mass is 32.2. The van der Waals surface area contributed by atoms with Crippen molar-refractivity contribution in [3.8, 4) is 0 Å². The highest BCUT2D eigenvalue weighted by Crippen LogP contribution is 2.34. The molecule has 0 aliphatic carbocycles. The van der Waals surface area contributed by atoms with Crippen LogP contribution in [0.4, 0.5) is 11.5 Å². The van der Waals surface area contributed by atoms with E-state index < -0.39 is 9.84 Å². The van der Waals surface area contributed by atoms with Gasteiger partial charge in [-0.1, -0.05) is 90.5 Å². The number of fused-ring (bicyclic) bond motifs is 2. The van der Waals surface area contributed by atoms with Gasteiger partial charge in [0.05, 0.1) is 28.3 Å². The summed E-state index contributed by atoms with van der Waals surface area (Å²) in [5.74, 6) is 0.822. The summed E-state index contributed by atoms with van der Waals surface area (Å²) in [5.41, 5.74) is 6.15. The third-order valence-electron chi connectivity index (χ3n) is 9.37. The average Bonchev–Trinajstić information content (AvgIpc) is 3.51. The van der Waals surface area contributed by atoms with Gasteiger partial charge in [-0.25, -0.2) is 13.4 Å². The summed E-state index contributed by atoms with van der Waals surface area (Å²) in [7, 11) is -3.37. The van der Waals surface area contributed by atoms with Crippen molar-refractivity contribution in [2.75, 3.05) is 42.3 Å². The minimum atomic E-state index is -3.37. The van der Waals surface area contributed by atoms with Crippen LogP contribution in [-0.2, 0) is 34.2 Å². The Hall–Kier alpha value is -4.24. The molecule has 1 N–H and O–H groups in total. The van der Waals surface area contributed by atoms with E-state index >= 15 is 0 Å². The standard InChI is InChI=1S/C38H40N4O3S/c1-29-16-17-34-33(22-29)35(23-37(40-34)41-19-21-46(43,44)36-15-9-8-14-32(36)26-41)39-27-38(18-20-45-28-38)42(24-30-10-4-2-5-11-30)25-31-12-6-3-7-13-31/h2-17,22-23H,18-21,24-28H2,1H3,(H,39,40). The Balaban J connectivity index is 1.24. The largest absolute Gasteiger partial charge is 0.382 e. The highest BCUT2D eigenvalue weighted by molar-refractivity contribution is 7.91. The van der Waals surface area contributed by atoms with Gasteiger partial charge < -0.3 is 15.0 Å². The summed E-state index contributed by atoms with van der Waals surface area (Å²) in [6.45, 7) is 6.62. The number of aryl methyl sites for hydroxylation is 1. The summed E-state index contributed by atoms with van der Waals surface area (Å²) < 4.78 is 32.4. The molecular weight excluding hydrogens is 593 g/mol. The van der Waals surface area contributed by atoms with E-state index in [0.29, 0.717) is 37.7 Å². The molecule has 0 radical (unpaired) electrons. The molecule has 46 heavy (non-hydrogen) atoms. The van der Waals surface area contributed by atoms with Crippen LogP contribution in [0.3, 0.4) is 0 Å². The zero-order chi connectivity index (χ0) is 31.6. The molecule has 2 aliphatic heterocycles. The molecule has 5 aromatic rings. The lowest BCUT2D eigenvalue weighted by Crippen LogP contribution is -2.53. The number of hydrogen-bond acceptors (Lipinski definition) is 7. The molecule has 7 rings (SSSR count). The second-order valence-corrected chi connectivity index (χ2v) is 14.7. The van der Waals surface area contributed by atoms with Crippen molar-refractivity contribution in [3.63, 3.8) is 0 Å². The monoisotopic (exact) mass is 632 g/mol. The van der Waals surface area contributed by atoms with E-state index in [-0.39, 0.29) is 11.3 Å². The lowest BCUT2D eigenvalue weighted by Gasteiger charge is -2.41.